The number of piperazine rings is 1. The van der Waals surface area contributed by atoms with Crippen molar-refractivity contribution < 1.29 is 4.74 Å². The van der Waals surface area contributed by atoms with Gasteiger partial charge in [0.15, 0.2) is 0 Å². The van der Waals surface area contributed by atoms with Crippen molar-refractivity contribution in [2.45, 2.75) is 82.8 Å². The Morgan fingerprint density at radius 2 is 1.79 bits per heavy atom. The highest BCUT2D eigenvalue weighted by Crippen LogP contribution is 2.40. The third kappa shape index (κ3) is 5.41. The predicted octanol–water partition coefficient (Wildman–Crippen LogP) is 6.86. The summed E-state index contributed by atoms with van der Waals surface area (Å²) in [5.74, 6) is 1.99. The van der Waals surface area contributed by atoms with Crippen LogP contribution >= 0.6 is 15.9 Å². The Balaban J connectivity index is 1.19. The van der Waals surface area contributed by atoms with E-state index in [0.717, 1.165) is 61.8 Å². The second-order valence-corrected chi connectivity index (χ2v) is 14.0. The largest absolute Gasteiger partial charge is 0.476 e. The van der Waals surface area contributed by atoms with Gasteiger partial charge in [-0.2, -0.15) is 4.99 Å². The van der Waals surface area contributed by atoms with Crippen molar-refractivity contribution in [2.75, 3.05) is 50.8 Å². The van der Waals surface area contributed by atoms with E-state index in [9.17, 15) is 0 Å². The lowest BCUT2D eigenvalue weighted by atomic mass is 9.95. The number of likely N-dealkylation sites (tertiary alicyclic amines) is 1. The van der Waals surface area contributed by atoms with Gasteiger partial charge < -0.3 is 19.9 Å². The Kier molecular flexibility index (Phi) is 8.10. The van der Waals surface area contributed by atoms with Gasteiger partial charge in [-0.05, 0) is 106 Å². The minimum atomic E-state index is 0.227. The fourth-order valence-corrected chi connectivity index (χ4v) is 8.81. The maximum atomic E-state index is 6.69. The van der Waals surface area contributed by atoms with Crippen LogP contribution in [0, 0.1) is 0 Å². The maximum Gasteiger partial charge on any atom is 0.211 e. The Morgan fingerprint density at radius 1 is 1.05 bits per heavy atom. The van der Waals surface area contributed by atoms with Gasteiger partial charge >= 0.3 is 0 Å². The van der Waals surface area contributed by atoms with Crippen LogP contribution in [-0.4, -0.2) is 79.1 Å². The molecule has 1 N–H and O–H groups in total. The summed E-state index contributed by atoms with van der Waals surface area (Å²) in [6.07, 6.45) is 11.8. The van der Waals surface area contributed by atoms with E-state index in [1.807, 2.05) is 0 Å². The minimum absolute atomic E-state index is 0.227. The molecule has 224 valence electrons. The van der Waals surface area contributed by atoms with Crippen molar-refractivity contribution in [3.8, 4) is 0 Å². The number of allylic oxidation sites excluding steroid dienone is 1. The number of hydrogen-bond acceptors (Lipinski definition) is 5. The fraction of sp³-hybridized carbons (Fsp3) is 0.571. The first-order valence-electron chi connectivity index (χ1n) is 16.3. The van der Waals surface area contributed by atoms with Crippen LogP contribution in [0.3, 0.4) is 0 Å². The number of hydrogen-bond donors (Lipinski definition) is 1. The summed E-state index contributed by atoms with van der Waals surface area (Å²) in [5, 5.41) is 6.41. The van der Waals surface area contributed by atoms with Crippen LogP contribution in [0.2, 0.25) is 0 Å². The molecule has 2 atom stereocenters. The Labute approximate surface area is 260 Å². The van der Waals surface area contributed by atoms with Crippen LogP contribution in [0.25, 0.3) is 10.8 Å². The van der Waals surface area contributed by atoms with Gasteiger partial charge in [0, 0.05) is 53.8 Å². The van der Waals surface area contributed by atoms with Gasteiger partial charge in [0.2, 0.25) is 5.88 Å². The number of anilines is 1. The number of benzene rings is 2. The lowest BCUT2D eigenvalue weighted by Gasteiger charge is -2.39. The number of fused-ring (bicyclic) bond motifs is 4. The maximum absolute atomic E-state index is 6.69. The lowest BCUT2D eigenvalue weighted by molar-refractivity contribution is 0.0716. The van der Waals surface area contributed by atoms with Crippen molar-refractivity contribution in [2.24, 2.45) is 4.99 Å². The van der Waals surface area contributed by atoms with Gasteiger partial charge in [-0.3, -0.25) is 4.90 Å². The van der Waals surface area contributed by atoms with Crippen molar-refractivity contribution in [3.05, 3.63) is 64.0 Å². The molecule has 0 amide bonds. The van der Waals surface area contributed by atoms with Gasteiger partial charge in [-0.25, -0.2) is 0 Å². The first-order chi connectivity index (χ1) is 20.5. The normalized spacial score (nSPS) is 26.5. The molecule has 2 aromatic carbocycles. The van der Waals surface area contributed by atoms with E-state index in [4.69, 9.17) is 9.73 Å². The number of amidine groups is 1. The minimum Gasteiger partial charge on any atom is -0.476 e. The quantitative estimate of drug-likeness (QED) is 0.205. The van der Waals surface area contributed by atoms with Crippen LogP contribution < -0.4 is 10.2 Å². The number of halogens is 1. The molecule has 4 fully saturated rings. The molecule has 2 aromatic rings. The van der Waals surface area contributed by atoms with E-state index in [0.29, 0.717) is 12.1 Å². The molecule has 2 unspecified atom stereocenters. The van der Waals surface area contributed by atoms with E-state index >= 15 is 0 Å². The summed E-state index contributed by atoms with van der Waals surface area (Å²) in [4.78, 5) is 13.3. The van der Waals surface area contributed by atoms with Gasteiger partial charge in [0.1, 0.15) is 12.4 Å². The number of ether oxygens (including phenoxy) is 1. The molecular weight excluding hydrogens is 586 g/mol. The fourth-order valence-electron chi connectivity index (χ4n) is 8.34. The molecule has 42 heavy (non-hydrogen) atoms. The predicted molar refractivity (Wildman–Crippen MR) is 177 cm³/mol. The highest BCUT2D eigenvalue weighted by molar-refractivity contribution is 9.10. The van der Waals surface area contributed by atoms with Crippen molar-refractivity contribution in [1.29, 1.82) is 0 Å². The molecule has 5 aliphatic rings. The first kappa shape index (κ1) is 28.4. The van der Waals surface area contributed by atoms with Crippen molar-refractivity contribution >= 4 is 38.2 Å². The SMILES string of the molecule is CC/C=C(/N=C(\C1=C(C)CN(c2ccc(Br)c3ccccc23)CC1)N1CC2CCC(C1)N2)OCC12CCCN1CCC2. The second kappa shape index (κ2) is 12.0. The topological polar surface area (TPSA) is 43.3 Å². The summed E-state index contributed by atoms with van der Waals surface area (Å²) in [5.41, 5.74) is 4.38. The van der Waals surface area contributed by atoms with Crippen LogP contribution in [-0.2, 0) is 4.74 Å². The molecule has 0 radical (unpaired) electrons. The molecule has 0 aromatic heterocycles. The number of rotatable bonds is 7. The van der Waals surface area contributed by atoms with Crippen LogP contribution in [0.5, 0.6) is 0 Å². The smallest absolute Gasteiger partial charge is 0.211 e. The molecule has 0 spiro atoms. The Bertz CT molecular complexity index is 1390. The van der Waals surface area contributed by atoms with E-state index in [1.54, 1.807) is 0 Å². The number of nitrogens with one attached hydrogen (secondary N) is 1. The summed E-state index contributed by atoms with van der Waals surface area (Å²) >= 11 is 3.76. The van der Waals surface area contributed by atoms with Crippen LogP contribution in [0.15, 0.2) is 69.0 Å². The summed E-state index contributed by atoms with van der Waals surface area (Å²) < 4.78 is 7.85. The second-order valence-electron chi connectivity index (χ2n) is 13.2. The molecule has 6 nitrogen and oxygen atoms in total. The van der Waals surface area contributed by atoms with E-state index < -0.39 is 0 Å². The number of aliphatic imine (C=N–C) groups is 1. The average molecular weight is 633 g/mol. The highest BCUT2D eigenvalue weighted by atomic mass is 79.9. The third-order valence-corrected chi connectivity index (χ3v) is 11.1. The van der Waals surface area contributed by atoms with Crippen molar-refractivity contribution in [1.82, 2.24) is 15.1 Å². The summed E-state index contributed by atoms with van der Waals surface area (Å²) in [7, 11) is 0. The zero-order chi connectivity index (χ0) is 28.7. The van der Waals surface area contributed by atoms with Crippen LogP contribution in [0.1, 0.15) is 65.2 Å². The van der Waals surface area contributed by atoms with Gasteiger partial charge in [-0.15, -0.1) is 0 Å². The molecule has 0 aliphatic carbocycles. The van der Waals surface area contributed by atoms with Gasteiger partial charge in [0.25, 0.3) is 0 Å². The van der Waals surface area contributed by atoms with Gasteiger partial charge in [-0.1, -0.05) is 47.1 Å². The van der Waals surface area contributed by atoms with E-state index in [2.05, 4.69) is 92.3 Å². The standard InChI is InChI=1S/C35H46BrN5O/c1-3-8-33(42-24-35-16-6-18-41(35)19-7-17-35)38-34(40-22-26-11-12-27(23-40)37-26)28-15-20-39(21-25(28)2)32-14-13-31(36)29-9-4-5-10-30(29)32/h4-5,8-10,13-14,26-27,37H,3,6-7,11-12,15-24H2,1-2H3/b33-8-,38-34+. The number of nitrogens with zero attached hydrogens (tertiary/aromatic N) is 4. The monoisotopic (exact) mass is 631 g/mol. The molecule has 7 rings (SSSR count). The molecule has 0 saturated carbocycles. The van der Waals surface area contributed by atoms with Crippen molar-refractivity contribution in [3.63, 3.8) is 0 Å². The lowest BCUT2D eigenvalue weighted by Crippen LogP contribution is -2.54. The summed E-state index contributed by atoms with van der Waals surface area (Å²) in [6.45, 7) is 11.7. The molecule has 4 saturated heterocycles. The zero-order valence-corrected chi connectivity index (χ0v) is 27.0. The molecule has 7 heteroatoms. The molecule has 5 heterocycles. The van der Waals surface area contributed by atoms with E-state index in [1.165, 1.54) is 79.2 Å². The van der Waals surface area contributed by atoms with Crippen LogP contribution in [0.4, 0.5) is 5.69 Å². The molecular formula is C35H46BrN5O. The summed E-state index contributed by atoms with van der Waals surface area (Å²) in [6, 6.07) is 14.3. The third-order valence-electron chi connectivity index (χ3n) is 10.4. The van der Waals surface area contributed by atoms with E-state index in [-0.39, 0.29) is 5.54 Å². The Hall–Kier alpha value is -2.35. The Morgan fingerprint density at radius 3 is 2.50 bits per heavy atom. The average Bonchev–Trinajstić information content (AvgIpc) is 3.68. The molecule has 5 aliphatic heterocycles. The zero-order valence-electron chi connectivity index (χ0n) is 25.4. The highest BCUT2D eigenvalue weighted by Gasteiger charge is 2.45. The van der Waals surface area contributed by atoms with Gasteiger partial charge in [0.05, 0.1) is 5.54 Å². The molecule has 2 bridgehead atoms. The first-order valence-corrected chi connectivity index (χ1v) is 17.1.